The molecule has 1 N–H and O–H groups in total. The van der Waals surface area contributed by atoms with Crippen LogP contribution in [0.3, 0.4) is 0 Å². The third-order valence-corrected chi connectivity index (χ3v) is 3.58. The van der Waals surface area contributed by atoms with Crippen LogP contribution in [-0.2, 0) is 11.2 Å². The number of carbonyl (C=O) groups is 1. The summed E-state index contributed by atoms with van der Waals surface area (Å²) in [6.45, 7) is 4.39. The lowest BCUT2D eigenvalue weighted by atomic mass is 9.98. The summed E-state index contributed by atoms with van der Waals surface area (Å²) in [5.41, 5.74) is 3.20. The standard InChI is InChI=1S/C18H21NO/c1-3-14(2)16-9-11-17(12-10-16)19-18(20)13-15-7-5-4-6-8-15/h4-12,14H,3,13H2,1-2H3,(H,19,20). The van der Waals surface area contributed by atoms with Crippen molar-refractivity contribution in [2.75, 3.05) is 5.32 Å². The molecule has 0 fully saturated rings. The molecule has 2 rings (SSSR count). The van der Waals surface area contributed by atoms with Crippen molar-refractivity contribution in [3.05, 3.63) is 65.7 Å². The van der Waals surface area contributed by atoms with Gasteiger partial charge >= 0.3 is 0 Å². The lowest BCUT2D eigenvalue weighted by molar-refractivity contribution is -0.115. The van der Waals surface area contributed by atoms with E-state index >= 15 is 0 Å². The molecule has 2 heteroatoms. The van der Waals surface area contributed by atoms with Crippen LogP contribution in [0.1, 0.15) is 37.3 Å². The Balaban J connectivity index is 1.94. The number of hydrogen-bond acceptors (Lipinski definition) is 1. The Morgan fingerprint density at radius 1 is 1.05 bits per heavy atom. The molecule has 1 atom stereocenters. The molecule has 104 valence electrons. The molecule has 0 aliphatic heterocycles. The van der Waals surface area contributed by atoms with Gasteiger partial charge < -0.3 is 5.32 Å². The Hall–Kier alpha value is -2.09. The Kier molecular flexibility index (Phi) is 4.94. The zero-order valence-electron chi connectivity index (χ0n) is 12.1. The highest BCUT2D eigenvalue weighted by Gasteiger charge is 2.05. The molecular weight excluding hydrogens is 246 g/mol. The minimum atomic E-state index is 0.0208. The van der Waals surface area contributed by atoms with Crippen molar-refractivity contribution in [1.29, 1.82) is 0 Å². The van der Waals surface area contributed by atoms with Crippen LogP contribution in [-0.4, -0.2) is 5.91 Å². The first-order valence-electron chi connectivity index (χ1n) is 7.12. The average Bonchev–Trinajstić information content (AvgIpc) is 2.48. The number of benzene rings is 2. The molecule has 1 unspecified atom stereocenters. The molecule has 0 heterocycles. The van der Waals surface area contributed by atoms with E-state index in [9.17, 15) is 4.79 Å². The second-order valence-corrected chi connectivity index (χ2v) is 5.14. The molecule has 20 heavy (non-hydrogen) atoms. The van der Waals surface area contributed by atoms with Crippen LogP contribution in [0.4, 0.5) is 5.69 Å². The van der Waals surface area contributed by atoms with E-state index in [4.69, 9.17) is 0 Å². The van der Waals surface area contributed by atoms with Crippen LogP contribution in [0, 0.1) is 0 Å². The minimum Gasteiger partial charge on any atom is -0.326 e. The Morgan fingerprint density at radius 3 is 2.30 bits per heavy atom. The Labute approximate surface area is 120 Å². The fraction of sp³-hybridized carbons (Fsp3) is 0.278. The van der Waals surface area contributed by atoms with Crippen LogP contribution in [0.2, 0.25) is 0 Å². The second-order valence-electron chi connectivity index (χ2n) is 5.14. The number of carbonyl (C=O) groups excluding carboxylic acids is 1. The number of hydrogen-bond donors (Lipinski definition) is 1. The van der Waals surface area contributed by atoms with Gasteiger partial charge in [0.2, 0.25) is 5.91 Å². The summed E-state index contributed by atoms with van der Waals surface area (Å²) >= 11 is 0. The molecule has 0 radical (unpaired) electrons. The maximum absolute atomic E-state index is 11.9. The molecule has 2 aromatic rings. The minimum absolute atomic E-state index is 0.0208. The summed E-state index contributed by atoms with van der Waals surface area (Å²) in [5.74, 6) is 0.580. The summed E-state index contributed by atoms with van der Waals surface area (Å²) in [7, 11) is 0. The summed E-state index contributed by atoms with van der Waals surface area (Å²) in [6.07, 6.45) is 1.54. The lowest BCUT2D eigenvalue weighted by Gasteiger charge is -2.10. The first-order chi connectivity index (χ1) is 9.69. The van der Waals surface area contributed by atoms with Crippen LogP contribution in [0.15, 0.2) is 54.6 Å². The third-order valence-electron chi connectivity index (χ3n) is 3.58. The highest BCUT2D eigenvalue weighted by atomic mass is 16.1. The molecule has 0 spiro atoms. The van der Waals surface area contributed by atoms with Crippen molar-refractivity contribution in [2.24, 2.45) is 0 Å². The zero-order valence-corrected chi connectivity index (χ0v) is 12.1. The number of anilines is 1. The third kappa shape index (κ3) is 3.95. The second kappa shape index (κ2) is 6.90. The number of rotatable bonds is 5. The van der Waals surface area contributed by atoms with E-state index in [-0.39, 0.29) is 5.91 Å². The smallest absolute Gasteiger partial charge is 0.228 e. The van der Waals surface area contributed by atoms with Gasteiger partial charge in [-0.25, -0.2) is 0 Å². The van der Waals surface area contributed by atoms with Crippen LogP contribution in [0.25, 0.3) is 0 Å². The SMILES string of the molecule is CCC(C)c1ccc(NC(=O)Cc2ccccc2)cc1. The van der Waals surface area contributed by atoms with Crippen molar-refractivity contribution in [2.45, 2.75) is 32.6 Å². The van der Waals surface area contributed by atoms with Crippen molar-refractivity contribution >= 4 is 11.6 Å². The highest BCUT2D eigenvalue weighted by molar-refractivity contribution is 5.92. The molecule has 0 saturated heterocycles. The van der Waals surface area contributed by atoms with E-state index in [1.54, 1.807) is 0 Å². The normalized spacial score (nSPS) is 11.9. The molecule has 0 saturated carbocycles. The van der Waals surface area contributed by atoms with Gasteiger partial charge in [0.05, 0.1) is 6.42 Å². The Bertz CT molecular complexity index is 545. The van der Waals surface area contributed by atoms with E-state index in [1.165, 1.54) is 5.56 Å². The van der Waals surface area contributed by atoms with Gasteiger partial charge in [-0.2, -0.15) is 0 Å². The van der Waals surface area contributed by atoms with Crippen LogP contribution < -0.4 is 5.32 Å². The number of amides is 1. The van der Waals surface area contributed by atoms with Gasteiger partial charge in [-0.05, 0) is 35.6 Å². The maximum atomic E-state index is 11.9. The number of nitrogens with one attached hydrogen (secondary N) is 1. The fourth-order valence-corrected chi connectivity index (χ4v) is 2.12. The largest absolute Gasteiger partial charge is 0.326 e. The van der Waals surface area contributed by atoms with Gasteiger partial charge in [0.1, 0.15) is 0 Å². The van der Waals surface area contributed by atoms with Gasteiger partial charge in [0, 0.05) is 5.69 Å². The summed E-state index contributed by atoms with van der Waals surface area (Å²) in [5, 5.41) is 2.94. The van der Waals surface area contributed by atoms with Crippen LogP contribution in [0.5, 0.6) is 0 Å². The lowest BCUT2D eigenvalue weighted by Crippen LogP contribution is -2.14. The molecule has 0 aromatic heterocycles. The molecule has 2 nitrogen and oxygen atoms in total. The molecular formula is C18H21NO. The quantitative estimate of drug-likeness (QED) is 0.855. The van der Waals surface area contributed by atoms with Gasteiger partial charge in [-0.3, -0.25) is 4.79 Å². The predicted octanol–water partition coefficient (Wildman–Crippen LogP) is 4.38. The highest BCUT2D eigenvalue weighted by Crippen LogP contribution is 2.20. The van der Waals surface area contributed by atoms with Crippen molar-refractivity contribution in [1.82, 2.24) is 0 Å². The summed E-state index contributed by atoms with van der Waals surface area (Å²) in [4.78, 5) is 11.9. The molecule has 0 bridgehead atoms. The molecule has 2 aromatic carbocycles. The summed E-state index contributed by atoms with van der Waals surface area (Å²) < 4.78 is 0. The topological polar surface area (TPSA) is 29.1 Å². The van der Waals surface area contributed by atoms with E-state index in [1.807, 2.05) is 42.5 Å². The van der Waals surface area contributed by atoms with Gasteiger partial charge in [0.15, 0.2) is 0 Å². The van der Waals surface area contributed by atoms with Gasteiger partial charge in [-0.1, -0.05) is 56.3 Å². The summed E-state index contributed by atoms with van der Waals surface area (Å²) in [6, 6.07) is 17.9. The van der Waals surface area contributed by atoms with E-state index < -0.39 is 0 Å². The first-order valence-corrected chi connectivity index (χ1v) is 7.12. The Morgan fingerprint density at radius 2 is 1.70 bits per heavy atom. The van der Waals surface area contributed by atoms with E-state index in [0.29, 0.717) is 12.3 Å². The first kappa shape index (κ1) is 14.3. The van der Waals surface area contributed by atoms with Crippen LogP contribution >= 0.6 is 0 Å². The van der Waals surface area contributed by atoms with Crippen molar-refractivity contribution in [3.63, 3.8) is 0 Å². The maximum Gasteiger partial charge on any atom is 0.228 e. The molecule has 0 aliphatic carbocycles. The fourth-order valence-electron chi connectivity index (χ4n) is 2.12. The van der Waals surface area contributed by atoms with E-state index in [0.717, 1.165) is 17.7 Å². The molecule has 0 aliphatic rings. The van der Waals surface area contributed by atoms with Crippen molar-refractivity contribution < 1.29 is 4.79 Å². The zero-order chi connectivity index (χ0) is 14.4. The monoisotopic (exact) mass is 267 g/mol. The van der Waals surface area contributed by atoms with Gasteiger partial charge in [-0.15, -0.1) is 0 Å². The van der Waals surface area contributed by atoms with E-state index in [2.05, 4.69) is 31.3 Å². The van der Waals surface area contributed by atoms with Crippen molar-refractivity contribution in [3.8, 4) is 0 Å². The predicted molar refractivity (Wildman–Crippen MR) is 83.9 cm³/mol. The van der Waals surface area contributed by atoms with Gasteiger partial charge in [0.25, 0.3) is 0 Å². The average molecular weight is 267 g/mol. The molecule has 1 amide bonds.